The third-order valence-electron chi connectivity index (χ3n) is 3.82. The number of nitrogens with zero attached hydrogens (tertiary/aromatic N) is 1. The third kappa shape index (κ3) is 6.52. The van der Waals surface area contributed by atoms with Gasteiger partial charge >= 0.3 is 0 Å². The van der Waals surface area contributed by atoms with Crippen molar-refractivity contribution >= 4 is 0 Å². The first kappa shape index (κ1) is 14.0. The first-order chi connectivity index (χ1) is 7.83. The van der Waals surface area contributed by atoms with E-state index in [0.717, 1.165) is 5.92 Å². The fourth-order valence-electron chi connectivity index (χ4n) is 2.55. The average molecular weight is 225 g/mol. The molecular formula is C15H31N. The summed E-state index contributed by atoms with van der Waals surface area (Å²) in [5.74, 6) is 0.927. The lowest BCUT2D eigenvalue weighted by Gasteiger charge is -2.33. The molecule has 0 radical (unpaired) electrons. The maximum atomic E-state index is 2.60. The average Bonchev–Trinajstić information content (AvgIpc) is 2.22. The molecule has 0 spiro atoms. The zero-order valence-electron chi connectivity index (χ0n) is 11.5. The number of hydrogen-bond donors (Lipinski definition) is 0. The molecule has 1 saturated heterocycles. The zero-order valence-corrected chi connectivity index (χ0v) is 11.5. The highest BCUT2D eigenvalue weighted by atomic mass is 15.2. The van der Waals surface area contributed by atoms with Crippen LogP contribution in [0.4, 0.5) is 0 Å². The molecule has 1 fully saturated rings. The van der Waals surface area contributed by atoms with Crippen molar-refractivity contribution in [1.29, 1.82) is 0 Å². The second kappa shape index (κ2) is 9.04. The quantitative estimate of drug-likeness (QED) is 0.496. The summed E-state index contributed by atoms with van der Waals surface area (Å²) in [6.07, 6.45) is 13.0. The zero-order chi connectivity index (χ0) is 11.6. The number of likely N-dealkylation sites (tertiary alicyclic amines) is 1. The van der Waals surface area contributed by atoms with Crippen molar-refractivity contribution in [3.63, 3.8) is 0 Å². The SMILES string of the molecule is CCCCCCCCCC(C)CN1CCC1. The van der Waals surface area contributed by atoms with Crippen LogP contribution in [0.5, 0.6) is 0 Å². The maximum absolute atomic E-state index is 2.60. The van der Waals surface area contributed by atoms with E-state index in [4.69, 9.17) is 0 Å². The highest BCUT2D eigenvalue weighted by molar-refractivity contribution is 4.70. The van der Waals surface area contributed by atoms with Crippen LogP contribution >= 0.6 is 0 Å². The van der Waals surface area contributed by atoms with Gasteiger partial charge in [0.05, 0.1) is 0 Å². The molecule has 0 aromatic heterocycles. The van der Waals surface area contributed by atoms with E-state index in [-0.39, 0.29) is 0 Å². The Bertz CT molecular complexity index is 152. The number of hydrogen-bond acceptors (Lipinski definition) is 1. The van der Waals surface area contributed by atoms with Crippen molar-refractivity contribution in [2.24, 2.45) is 5.92 Å². The summed E-state index contributed by atoms with van der Waals surface area (Å²) in [6, 6.07) is 0. The number of unbranched alkanes of at least 4 members (excludes halogenated alkanes) is 6. The topological polar surface area (TPSA) is 3.24 Å². The van der Waals surface area contributed by atoms with Crippen LogP contribution in [0, 0.1) is 5.92 Å². The predicted molar refractivity (Wildman–Crippen MR) is 72.8 cm³/mol. The summed E-state index contributed by atoms with van der Waals surface area (Å²) >= 11 is 0. The van der Waals surface area contributed by atoms with Crippen molar-refractivity contribution < 1.29 is 0 Å². The van der Waals surface area contributed by atoms with Gasteiger partial charge in [-0.3, -0.25) is 0 Å². The first-order valence-electron chi connectivity index (χ1n) is 7.55. The van der Waals surface area contributed by atoms with Crippen molar-refractivity contribution in [3.8, 4) is 0 Å². The fourth-order valence-corrected chi connectivity index (χ4v) is 2.55. The predicted octanol–water partition coefficient (Wildman–Crippen LogP) is 4.47. The van der Waals surface area contributed by atoms with Crippen LogP contribution in [0.2, 0.25) is 0 Å². The second-order valence-corrected chi connectivity index (χ2v) is 5.67. The van der Waals surface area contributed by atoms with Gasteiger partial charge in [0.15, 0.2) is 0 Å². The van der Waals surface area contributed by atoms with Crippen molar-refractivity contribution in [3.05, 3.63) is 0 Å². The summed E-state index contributed by atoms with van der Waals surface area (Å²) in [7, 11) is 0. The Morgan fingerprint density at radius 1 is 0.938 bits per heavy atom. The van der Waals surface area contributed by atoms with E-state index in [1.54, 1.807) is 0 Å². The summed E-state index contributed by atoms with van der Waals surface area (Å²) in [5.41, 5.74) is 0. The van der Waals surface area contributed by atoms with Crippen LogP contribution < -0.4 is 0 Å². The minimum atomic E-state index is 0.927. The van der Waals surface area contributed by atoms with Crippen LogP contribution in [0.3, 0.4) is 0 Å². The molecule has 0 amide bonds. The highest BCUT2D eigenvalue weighted by Gasteiger charge is 2.15. The Labute approximate surface area is 103 Å². The molecule has 0 aromatic rings. The van der Waals surface area contributed by atoms with Crippen molar-refractivity contribution in [2.45, 2.75) is 71.6 Å². The Balaban J connectivity index is 1.78. The summed E-state index contributed by atoms with van der Waals surface area (Å²) in [6.45, 7) is 8.80. The van der Waals surface area contributed by atoms with Crippen molar-refractivity contribution in [2.75, 3.05) is 19.6 Å². The summed E-state index contributed by atoms with van der Waals surface area (Å²) in [5, 5.41) is 0. The van der Waals surface area contributed by atoms with E-state index in [0.29, 0.717) is 0 Å². The highest BCUT2D eigenvalue weighted by Crippen LogP contribution is 2.16. The lowest BCUT2D eigenvalue weighted by Crippen LogP contribution is -2.39. The van der Waals surface area contributed by atoms with Crippen molar-refractivity contribution in [1.82, 2.24) is 4.90 Å². The molecule has 0 bridgehead atoms. The Kier molecular flexibility index (Phi) is 7.92. The molecule has 0 aromatic carbocycles. The lowest BCUT2D eigenvalue weighted by atomic mass is 10.00. The second-order valence-electron chi connectivity index (χ2n) is 5.67. The molecule has 1 heterocycles. The molecule has 1 nitrogen and oxygen atoms in total. The largest absolute Gasteiger partial charge is 0.303 e. The molecule has 96 valence electrons. The van der Waals surface area contributed by atoms with Gasteiger partial charge in [-0.15, -0.1) is 0 Å². The van der Waals surface area contributed by atoms with Gasteiger partial charge in [-0.05, 0) is 31.8 Å². The van der Waals surface area contributed by atoms with Gasteiger partial charge in [0.1, 0.15) is 0 Å². The first-order valence-corrected chi connectivity index (χ1v) is 7.55. The normalized spacial score (nSPS) is 18.4. The van der Waals surface area contributed by atoms with E-state index < -0.39 is 0 Å². The molecular weight excluding hydrogens is 194 g/mol. The van der Waals surface area contributed by atoms with E-state index in [1.165, 1.54) is 77.4 Å². The molecule has 1 aliphatic heterocycles. The third-order valence-corrected chi connectivity index (χ3v) is 3.82. The van der Waals surface area contributed by atoms with E-state index in [1.807, 2.05) is 0 Å². The minimum Gasteiger partial charge on any atom is -0.303 e. The van der Waals surface area contributed by atoms with E-state index >= 15 is 0 Å². The van der Waals surface area contributed by atoms with E-state index in [9.17, 15) is 0 Å². The monoisotopic (exact) mass is 225 g/mol. The van der Waals surface area contributed by atoms with Gasteiger partial charge in [-0.25, -0.2) is 0 Å². The van der Waals surface area contributed by atoms with Gasteiger partial charge in [0.2, 0.25) is 0 Å². The standard InChI is InChI=1S/C15H31N/c1-3-4-5-6-7-8-9-11-15(2)14-16-12-10-13-16/h15H,3-14H2,1-2H3. The molecule has 1 atom stereocenters. The van der Waals surface area contributed by atoms with Crippen LogP contribution in [0.15, 0.2) is 0 Å². The molecule has 0 saturated carbocycles. The Morgan fingerprint density at radius 2 is 1.56 bits per heavy atom. The number of rotatable bonds is 10. The minimum absolute atomic E-state index is 0.927. The maximum Gasteiger partial charge on any atom is 0.000704 e. The van der Waals surface area contributed by atoms with Crippen LogP contribution in [-0.2, 0) is 0 Å². The fraction of sp³-hybridized carbons (Fsp3) is 1.00. The molecule has 1 unspecified atom stereocenters. The smallest absolute Gasteiger partial charge is 0.000704 e. The lowest BCUT2D eigenvalue weighted by molar-refractivity contribution is 0.152. The van der Waals surface area contributed by atoms with Crippen LogP contribution in [-0.4, -0.2) is 24.5 Å². The van der Waals surface area contributed by atoms with Gasteiger partial charge in [-0.2, -0.15) is 0 Å². The molecule has 1 heteroatoms. The van der Waals surface area contributed by atoms with Gasteiger partial charge in [-0.1, -0.05) is 58.8 Å². The Morgan fingerprint density at radius 3 is 2.12 bits per heavy atom. The van der Waals surface area contributed by atoms with Crippen LogP contribution in [0.1, 0.15) is 71.6 Å². The molecule has 16 heavy (non-hydrogen) atoms. The van der Waals surface area contributed by atoms with Gasteiger partial charge < -0.3 is 4.90 Å². The molecule has 0 aliphatic carbocycles. The van der Waals surface area contributed by atoms with Gasteiger partial charge in [0.25, 0.3) is 0 Å². The van der Waals surface area contributed by atoms with Gasteiger partial charge in [0, 0.05) is 6.54 Å². The summed E-state index contributed by atoms with van der Waals surface area (Å²) in [4.78, 5) is 2.60. The Hall–Kier alpha value is -0.0400. The molecule has 0 N–H and O–H groups in total. The molecule has 1 aliphatic rings. The van der Waals surface area contributed by atoms with Crippen LogP contribution in [0.25, 0.3) is 0 Å². The van der Waals surface area contributed by atoms with E-state index in [2.05, 4.69) is 18.7 Å². The molecule has 1 rings (SSSR count). The summed E-state index contributed by atoms with van der Waals surface area (Å²) < 4.78 is 0.